The second-order valence-corrected chi connectivity index (χ2v) is 5.77. The zero-order chi connectivity index (χ0) is 17.9. The molecule has 1 atom stereocenters. The average Bonchev–Trinajstić information content (AvgIpc) is 2.79. The van der Waals surface area contributed by atoms with E-state index in [1.54, 1.807) is 0 Å². The predicted molar refractivity (Wildman–Crippen MR) is 101 cm³/mol. The molecule has 1 aromatic rings. The highest BCUT2D eigenvalue weighted by atomic mass is 19.1. The van der Waals surface area contributed by atoms with Crippen molar-refractivity contribution in [2.45, 2.75) is 45.6 Å². The molecule has 0 saturated carbocycles. The quantitative estimate of drug-likeness (QED) is 0.254. The maximum atomic E-state index is 10.8. The van der Waals surface area contributed by atoms with E-state index < -0.39 is 6.09 Å². The number of aliphatic imine (C=N–C) groups is 1. The molecule has 0 bridgehead atoms. The second-order valence-electron chi connectivity index (χ2n) is 5.77. The Morgan fingerprint density at radius 2 is 1.92 bits per heavy atom. The van der Waals surface area contributed by atoms with Crippen LogP contribution in [0.2, 0.25) is 0 Å². The Kier molecular flexibility index (Phi) is 9.19. The number of hydrogen-bond donors (Lipinski definition) is 3. The fourth-order valence-electron chi connectivity index (χ4n) is 3.22. The van der Waals surface area contributed by atoms with Crippen molar-refractivity contribution in [3.05, 3.63) is 29.3 Å². The summed E-state index contributed by atoms with van der Waals surface area (Å²) >= 11 is 0. The lowest BCUT2D eigenvalue weighted by molar-refractivity contribution is 0.199. The lowest BCUT2D eigenvalue weighted by atomic mass is 10.0. The van der Waals surface area contributed by atoms with E-state index in [-0.39, 0.29) is 0 Å². The van der Waals surface area contributed by atoms with Crippen LogP contribution < -0.4 is 11.1 Å². The van der Waals surface area contributed by atoms with Crippen LogP contribution in [0.1, 0.15) is 37.8 Å². The van der Waals surface area contributed by atoms with E-state index in [1.807, 2.05) is 0 Å². The first-order chi connectivity index (χ1) is 11.5. The fraction of sp³-hybridized carbons (Fsp3) is 0.556. The van der Waals surface area contributed by atoms with E-state index in [1.165, 1.54) is 36.8 Å². The number of benzene rings is 1. The molecule has 1 aliphatic rings. The van der Waals surface area contributed by atoms with Gasteiger partial charge >= 0.3 is 6.09 Å². The molecular formula is C18H30FN5. The Morgan fingerprint density at radius 1 is 1.33 bits per heavy atom. The maximum Gasteiger partial charge on any atom is 0.300 e. The minimum atomic E-state index is -1.23. The lowest BCUT2D eigenvalue weighted by Crippen LogP contribution is -2.35. The van der Waals surface area contributed by atoms with Gasteiger partial charge < -0.3 is 16.0 Å². The molecular weight excluding hydrogens is 305 g/mol. The van der Waals surface area contributed by atoms with Crippen molar-refractivity contribution in [1.29, 1.82) is 5.41 Å². The number of nitrogens with two attached hydrogens (primary N) is 1. The highest BCUT2D eigenvalue weighted by molar-refractivity contribution is 5.73. The van der Waals surface area contributed by atoms with E-state index >= 15 is 0 Å². The van der Waals surface area contributed by atoms with Crippen LogP contribution in [0.3, 0.4) is 0 Å². The van der Waals surface area contributed by atoms with Gasteiger partial charge in [-0.3, -0.25) is 5.41 Å². The number of aryl methyl sites for hydroxylation is 2. The molecule has 6 heteroatoms. The molecule has 5 nitrogen and oxygen atoms in total. The summed E-state index contributed by atoms with van der Waals surface area (Å²) in [6, 6.07) is 7.46. The number of nitrogens with zero attached hydrogens (tertiary/aromatic N) is 2. The first-order valence-corrected chi connectivity index (χ1v) is 8.56. The monoisotopic (exact) mass is 335 g/mol. The molecule has 0 radical (unpaired) electrons. The molecule has 24 heavy (non-hydrogen) atoms. The zero-order valence-electron chi connectivity index (χ0n) is 14.8. The number of fused-ring (bicyclic) bond motifs is 1. The summed E-state index contributed by atoms with van der Waals surface area (Å²) in [5.74, 6) is 0. The van der Waals surface area contributed by atoms with Crippen LogP contribution in [-0.4, -0.2) is 43.5 Å². The standard InChI is InChI=1S/C16H27N3.C2H3FN2/c1-3-19(4-2)16-9-6-13-5-8-15(18-12-17)11-14(13)7-10-16;1-5-2(3)4/h5,8,11,16,18H,3-4,6-7,9-10,12,17H2,1-2H3;4H,1H2. The number of halogens is 1. The summed E-state index contributed by atoms with van der Waals surface area (Å²) in [7, 11) is 0. The van der Waals surface area contributed by atoms with Crippen molar-refractivity contribution in [2.75, 3.05) is 25.1 Å². The van der Waals surface area contributed by atoms with Crippen LogP contribution in [0, 0.1) is 5.41 Å². The molecule has 0 heterocycles. The third kappa shape index (κ3) is 6.37. The molecule has 134 valence electrons. The number of hydrogen-bond acceptors (Lipinski definition) is 4. The first kappa shape index (κ1) is 20.3. The van der Waals surface area contributed by atoms with Gasteiger partial charge in [0.1, 0.15) is 0 Å². The normalized spacial score (nSPS) is 16.5. The molecule has 0 aromatic heterocycles. The van der Waals surface area contributed by atoms with Crippen LogP contribution in [0.15, 0.2) is 23.2 Å². The summed E-state index contributed by atoms with van der Waals surface area (Å²) in [4.78, 5) is 5.16. The van der Waals surface area contributed by atoms with E-state index in [0.29, 0.717) is 6.67 Å². The van der Waals surface area contributed by atoms with Crippen molar-refractivity contribution in [2.24, 2.45) is 10.7 Å². The third-order valence-electron chi connectivity index (χ3n) is 4.47. The SMILES string of the molecule is C=NC(=N)F.CCN(CC)C1CCc2ccc(NCN)cc2CC1. The summed E-state index contributed by atoms with van der Waals surface area (Å²) in [5.41, 5.74) is 9.74. The second kappa shape index (κ2) is 10.9. The summed E-state index contributed by atoms with van der Waals surface area (Å²) in [5, 5.41) is 9.05. The molecule has 0 amide bonds. The largest absolute Gasteiger partial charge is 0.373 e. The van der Waals surface area contributed by atoms with E-state index in [9.17, 15) is 4.39 Å². The van der Waals surface area contributed by atoms with Crippen molar-refractivity contribution in [3.63, 3.8) is 0 Å². The number of amidine groups is 1. The number of rotatable bonds is 5. The molecule has 0 saturated heterocycles. The Hall–Kier alpha value is -1.79. The lowest BCUT2D eigenvalue weighted by Gasteiger charge is -2.28. The topological polar surface area (TPSA) is 77.5 Å². The number of anilines is 1. The van der Waals surface area contributed by atoms with Crippen LogP contribution in [0.5, 0.6) is 0 Å². The van der Waals surface area contributed by atoms with Gasteiger partial charge in [-0.25, -0.2) is 4.99 Å². The van der Waals surface area contributed by atoms with Gasteiger partial charge in [0.15, 0.2) is 0 Å². The minimum Gasteiger partial charge on any atom is -0.373 e. The van der Waals surface area contributed by atoms with Crippen LogP contribution in [0.25, 0.3) is 0 Å². The molecule has 2 rings (SSSR count). The Balaban J connectivity index is 0.000000505. The average molecular weight is 335 g/mol. The van der Waals surface area contributed by atoms with Crippen molar-refractivity contribution >= 4 is 18.5 Å². The summed E-state index contributed by atoms with van der Waals surface area (Å²) in [6.45, 7) is 10.1. The smallest absolute Gasteiger partial charge is 0.300 e. The molecule has 0 aliphatic heterocycles. The molecule has 1 aromatic carbocycles. The van der Waals surface area contributed by atoms with E-state index in [4.69, 9.17) is 11.1 Å². The van der Waals surface area contributed by atoms with Crippen molar-refractivity contribution in [1.82, 2.24) is 4.90 Å². The van der Waals surface area contributed by atoms with Gasteiger partial charge in [-0.1, -0.05) is 19.9 Å². The van der Waals surface area contributed by atoms with Crippen LogP contribution in [0.4, 0.5) is 10.1 Å². The summed E-state index contributed by atoms with van der Waals surface area (Å²) in [6.07, 6.45) is 3.74. The van der Waals surface area contributed by atoms with Gasteiger partial charge in [0.2, 0.25) is 0 Å². The van der Waals surface area contributed by atoms with Gasteiger partial charge in [-0.05, 0) is 68.7 Å². The van der Waals surface area contributed by atoms with Gasteiger partial charge in [-0.15, -0.1) is 0 Å². The molecule has 0 fully saturated rings. The summed E-state index contributed by atoms with van der Waals surface area (Å²) < 4.78 is 10.8. The Bertz CT molecular complexity index is 528. The van der Waals surface area contributed by atoms with Gasteiger partial charge in [0, 0.05) is 11.7 Å². The third-order valence-corrected chi connectivity index (χ3v) is 4.47. The molecule has 1 aliphatic carbocycles. The highest BCUT2D eigenvalue weighted by Gasteiger charge is 2.20. The number of nitrogens with one attached hydrogen (secondary N) is 2. The Morgan fingerprint density at radius 3 is 2.42 bits per heavy atom. The Labute approximate surface area is 144 Å². The fourth-order valence-corrected chi connectivity index (χ4v) is 3.22. The molecule has 1 unspecified atom stereocenters. The van der Waals surface area contributed by atoms with Crippen molar-refractivity contribution < 1.29 is 4.39 Å². The van der Waals surface area contributed by atoms with Crippen LogP contribution in [-0.2, 0) is 12.8 Å². The molecule has 0 spiro atoms. The molecule has 4 N–H and O–H groups in total. The van der Waals surface area contributed by atoms with Gasteiger partial charge in [-0.2, -0.15) is 4.39 Å². The van der Waals surface area contributed by atoms with Crippen LogP contribution >= 0.6 is 0 Å². The van der Waals surface area contributed by atoms with Gasteiger partial charge in [0.05, 0.1) is 6.67 Å². The van der Waals surface area contributed by atoms with Crippen molar-refractivity contribution in [3.8, 4) is 0 Å². The first-order valence-electron chi connectivity index (χ1n) is 8.56. The highest BCUT2D eigenvalue weighted by Crippen LogP contribution is 2.26. The maximum absolute atomic E-state index is 10.8. The minimum absolute atomic E-state index is 0.501. The van der Waals surface area contributed by atoms with Gasteiger partial charge in [0.25, 0.3) is 0 Å². The van der Waals surface area contributed by atoms with E-state index in [0.717, 1.165) is 24.8 Å². The predicted octanol–water partition coefficient (Wildman–Crippen LogP) is 3.20. The van der Waals surface area contributed by atoms with E-state index in [2.05, 4.69) is 54.0 Å². The zero-order valence-corrected chi connectivity index (χ0v) is 14.8.